The van der Waals surface area contributed by atoms with Crippen molar-refractivity contribution in [2.75, 3.05) is 32.8 Å². The van der Waals surface area contributed by atoms with E-state index in [0.29, 0.717) is 28.7 Å². The highest BCUT2D eigenvalue weighted by molar-refractivity contribution is 7.71. The molecular formula is C17H27N3O2S. The highest BCUT2D eigenvalue weighted by atomic mass is 32.1. The Kier molecular flexibility index (Phi) is 7.20. The number of ether oxygens (including phenoxy) is 1. The third kappa shape index (κ3) is 4.86. The highest BCUT2D eigenvalue weighted by Gasteiger charge is 2.27. The average Bonchev–Trinajstić information content (AvgIpc) is 2.59. The molecule has 0 aliphatic carbocycles. The summed E-state index contributed by atoms with van der Waals surface area (Å²) in [6.07, 6.45) is 3.96. The molecule has 0 saturated carbocycles. The van der Waals surface area contributed by atoms with Gasteiger partial charge in [-0.2, -0.15) is 0 Å². The van der Waals surface area contributed by atoms with Crippen molar-refractivity contribution in [3.8, 4) is 0 Å². The Balaban J connectivity index is 2.03. The van der Waals surface area contributed by atoms with Gasteiger partial charge in [-0.3, -0.25) is 9.69 Å². The fraction of sp³-hybridized carbons (Fsp3) is 0.647. The molecule has 1 saturated heterocycles. The van der Waals surface area contributed by atoms with Crippen molar-refractivity contribution in [3.05, 3.63) is 28.5 Å². The van der Waals surface area contributed by atoms with Crippen LogP contribution in [0.1, 0.15) is 37.0 Å². The summed E-state index contributed by atoms with van der Waals surface area (Å²) in [4.78, 5) is 17.8. The van der Waals surface area contributed by atoms with Crippen LogP contribution in [0.2, 0.25) is 0 Å². The molecule has 6 heteroatoms. The number of aromatic nitrogens is 1. The van der Waals surface area contributed by atoms with Gasteiger partial charge in [-0.1, -0.05) is 38.9 Å². The molecule has 23 heavy (non-hydrogen) atoms. The van der Waals surface area contributed by atoms with Crippen molar-refractivity contribution in [1.29, 1.82) is 0 Å². The van der Waals surface area contributed by atoms with E-state index in [-0.39, 0.29) is 5.91 Å². The van der Waals surface area contributed by atoms with Crippen LogP contribution in [0.5, 0.6) is 0 Å². The van der Waals surface area contributed by atoms with Crippen molar-refractivity contribution < 1.29 is 9.53 Å². The average molecular weight is 337 g/mol. The normalized spacial score (nSPS) is 17.2. The van der Waals surface area contributed by atoms with E-state index in [2.05, 4.69) is 29.0 Å². The molecule has 1 aromatic heterocycles. The van der Waals surface area contributed by atoms with E-state index in [1.54, 1.807) is 18.3 Å². The summed E-state index contributed by atoms with van der Waals surface area (Å²) in [5.74, 6) is 0.467. The van der Waals surface area contributed by atoms with Crippen molar-refractivity contribution >= 4 is 18.1 Å². The number of rotatable bonds is 7. The number of morpholine rings is 1. The summed E-state index contributed by atoms with van der Waals surface area (Å²) in [6.45, 7) is 8.50. The Morgan fingerprint density at radius 2 is 2.09 bits per heavy atom. The number of carbonyl (C=O) groups is 1. The van der Waals surface area contributed by atoms with Gasteiger partial charge in [0.15, 0.2) is 0 Å². The third-order valence-corrected chi connectivity index (χ3v) is 4.98. The van der Waals surface area contributed by atoms with Gasteiger partial charge in [0.2, 0.25) is 0 Å². The van der Waals surface area contributed by atoms with Crippen LogP contribution in [0.3, 0.4) is 0 Å². The van der Waals surface area contributed by atoms with Crippen molar-refractivity contribution in [3.63, 3.8) is 0 Å². The maximum Gasteiger partial charge on any atom is 0.254 e. The number of H-pyrrole nitrogens is 1. The van der Waals surface area contributed by atoms with E-state index in [1.165, 1.54) is 0 Å². The minimum absolute atomic E-state index is 0.101. The van der Waals surface area contributed by atoms with Crippen LogP contribution in [0, 0.1) is 10.6 Å². The smallest absolute Gasteiger partial charge is 0.254 e. The first-order valence-corrected chi connectivity index (χ1v) is 8.85. The second-order valence-corrected chi connectivity index (χ2v) is 6.32. The van der Waals surface area contributed by atoms with Gasteiger partial charge in [-0.25, -0.2) is 0 Å². The molecule has 128 valence electrons. The molecule has 2 heterocycles. The van der Waals surface area contributed by atoms with Gasteiger partial charge in [0.1, 0.15) is 4.64 Å². The second kappa shape index (κ2) is 9.15. The van der Waals surface area contributed by atoms with Crippen LogP contribution in [0.15, 0.2) is 18.3 Å². The van der Waals surface area contributed by atoms with Gasteiger partial charge in [0.05, 0.1) is 18.8 Å². The summed E-state index contributed by atoms with van der Waals surface area (Å²) >= 11 is 5.19. The molecule has 2 rings (SSSR count). The van der Waals surface area contributed by atoms with E-state index in [9.17, 15) is 4.79 Å². The van der Waals surface area contributed by atoms with E-state index in [0.717, 1.165) is 39.1 Å². The van der Waals surface area contributed by atoms with Crippen LogP contribution in [0.25, 0.3) is 0 Å². The minimum atomic E-state index is -0.101. The predicted molar refractivity (Wildman–Crippen MR) is 94.2 cm³/mol. The zero-order valence-electron chi connectivity index (χ0n) is 14.0. The molecule has 1 atom stereocenters. The lowest BCUT2D eigenvalue weighted by molar-refractivity contribution is 0.00191. The molecular weight excluding hydrogens is 310 g/mol. The Morgan fingerprint density at radius 1 is 1.39 bits per heavy atom. The van der Waals surface area contributed by atoms with Crippen molar-refractivity contribution in [1.82, 2.24) is 15.2 Å². The maximum absolute atomic E-state index is 12.4. The fourth-order valence-electron chi connectivity index (χ4n) is 3.23. The van der Waals surface area contributed by atoms with Crippen LogP contribution in [0.4, 0.5) is 0 Å². The third-order valence-electron chi connectivity index (χ3n) is 4.64. The number of hydrogen-bond donors (Lipinski definition) is 2. The van der Waals surface area contributed by atoms with Crippen LogP contribution in [-0.4, -0.2) is 54.7 Å². The van der Waals surface area contributed by atoms with Gasteiger partial charge in [0.25, 0.3) is 5.91 Å². The van der Waals surface area contributed by atoms with E-state index >= 15 is 0 Å². The first-order valence-electron chi connectivity index (χ1n) is 8.45. The largest absolute Gasteiger partial charge is 0.379 e. The summed E-state index contributed by atoms with van der Waals surface area (Å²) in [7, 11) is 0. The standard InChI is InChI=1S/C17H27N3O2S/c1-3-13(4-2)15(20-8-10-22-11-9-20)12-19-16(21)14-6-5-7-18-17(14)23/h5-7,13,15H,3-4,8-12H2,1-2H3,(H,18,23)(H,19,21). The number of nitrogens with zero attached hydrogens (tertiary/aromatic N) is 1. The molecule has 5 nitrogen and oxygen atoms in total. The molecule has 0 radical (unpaired) electrons. The Bertz CT molecular complexity index is 551. The van der Waals surface area contributed by atoms with Crippen LogP contribution in [-0.2, 0) is 4.74 Å². The first-order chi connectivity index (χ1) is 11.2. The summed E-state index contributed by atoms with van der Waals surface area (Å²) < 4.78 is 5.94. The number of carbonyl (C=O) groups excluding carboxylic acids is 1. The van der Waals surface area contributed by atoms with E-state index < -0.39 is 0 Å². The lowest BCUT2D eigenvalue weighted by Gasteiger charge is -2.38. The maximum atomic E-state index is 12.4. The summed E-state index contributed by atoms with van der Waals surface area (Å²) in [5, 5.41) is 3.08. The Labute approximate surface area is 143 Å². The molecule has 1 aromatic rings. The van der Waals surface area contributed by atoms with Gasteiger partial charge >= 0.3 is 0 Å². The lowest BCUT2D eigenvalue weighted by Crippen LogP contribution is -2.52. The molecule has 0 aromatic carbocycles. The highest BCUT2D eigenvalue weighted by Crippen LogP contribution is 2.19. The molecule has 2 N–H and O–H groups in total. The number of pyridine rings is 1. The minimum Gasteiger partial charge on any atom is -0.379 e. The van der Waals surface area contributed by atoms with Crippen LogP contribution < -0.4 is 5.32 Å². The number of aromatic amines is 1. The lowest BCUT2D eigenvalue weighted by atomic mass is 9.92. The SMILES string of the molecule is CCC(CC)C(CNC(=O)c1ccc[nH]c1=S)N1CCOCC1. The quantitative estimate of drug-likeness (QED) is 0.751. The molecule has 1 unspecified atom stereocenters. The fourth-order valence-corrected chi connectivity index (χ4v) is 3.46. The number of hydrogen-bond acceptors (Lipinski definition) is 4. The summed E-state index contributed by atoms with van der Waals surface area (Å²) in [6, 6.07) is 3.90. The topological polar surface area (TPSA) is 57.4 Å². The first kappa shape index (κ1) is 18.1. The zero-order chi connectivity index (χ0) is 16.7. The second-order valence-electron chi connectivity index (χ2n) is 5.92. The molecule has 1 aliphatic rings. The van der Waals surface area contributed by atoms with Gasteiger partial charge in [-0.15, -0.1) is 0 Å². The molecule has 0 bridgehead atoms. The molecule has 0 spiro atoms. The summed E-state index contributed by atoms with van der Waals surface area (Å²) in [5.41, 5.74) is 0.535. The number of amides is 1. The predicted octanol–water partition coefficient (Wildman–Crippen LogP) is 2.61. The van der Waals surface area contributed by atoms with E-state index in [1.807, 2.05) is 0 Å². The molecule has 1 aliphatic heterocycles. The van der Waals surface area contributed by atoms with Gasteiger partial charge < -0.3 is 15.0 Å². The van der Waals surface area contributed by atoms with Gasteiger partial charge in [0, 0.05) is 31.9 Å². The number of nitrogens with one attached hydrogen (secondary N) is 2. The van der Waals surface area contributed by atoms with Crippen molar-refractivity contribution in [2.45, 2.75) is 32.7 Å². The Hall–Kier alpha value is -1.24. The van der Waals surface area contributed by atoms with E-state index in [4.69, 9.17) is 17.0 Å². The zero-order valence-corrected chi connectivity index (χ0v) is 14.8. The molecule has 1 fully saturated rings. The van der Waals surface area contributed by atoms with Crippen molar-refractivity contribution in [2.24, 2.45) is 5.92 Å². The van der Waals surface area contributed by atoms with Gasteiger partial charge in [-0.05, 0) is 18.1 Å². The Morgan fingerprint density at radius 3 is 2.70 bits per heavy atom. The van der Waals surface area contributed by atoms with Crippen LogP contribution >= 0.6 is 12.2 Å². The monoisotopic (exact) mass is 337 g/mol. The molecule has 1 amide bonds.